The van der Waals surface area contributed by atoms with E-state index in [1.807, 2.05) is 24.3 Å². The number of fused-ring (bicyclic) bond motifs is 1. The second-order valence-corrected chi connectivity index (χ2v) is 8.76. The molecule has 3 rings (SSSR count). The average Bonchev–Trinajstić information content (AvgIpc) is 2.81. The van der Waals surface area contributed by atoms with Crippen LogP contribution in [0.5, 0.6) is 5.75 Å². The minimum absolute atomic E-state index is 0.176. The number of ether oxygens (including phenoxy) is 1. The Labute approximate surface area is 186 Å². The van der Waals surface area contributed by atoms with E-state index in [4.69, 9.17) is 4.74 Å². The lowest BCUT2D eigenvalue weighted by Crippen LogP contribution is -2.51. The van der Waals surface area contributed by atoms with Crippen molar-refractivity contribution in [3.63, 3.8) is 0 Å². The third kappa shape index (κ3) is 6.62. The Bertz CT molecular complexity index is 801. The van der Waals surface area contributed by atoms with Gasteiger partial charge in [0.15, 0.2) is 0 Å². The average molecular weight is 430 g/mol. The van der Waals surface area contributed by atoms with Gasteiger partial charge < -0.3 is 20.3 Å². The second-order valence-electron chi connectivity index (χ2n) is 8.76. The number of aromatic nitrogens is 1. The summed E-state index contributed by atoms with van der Waals surface area (Å²) in [6, 6.07) is 8.00. The number of β-amino-alcohol motifs (C(OH)–C–C–N with tert-alkyl or cyclic N) is 1. The zero-order valence-electron chi connectivity index (χ0n) is 19.1. The molecule has 0 bridgehead atoms. The van der Waals surface area contributed by atoms with Crippen molar-refractivity contribution < 1.29 is 14.9 Å². The first-order chi connectivity index (χ1) is 15.2. The van der Waals surface area contributed by atoms with E-state index in [2.05, 4.69) is 22.1 Å². The maximum absolute atomic E-state index is 11.0. The van der Waals surface area contributed by atoms with Crippen LogP contribution in [0.4, 0.5) is 0 Å². The molecule has 1 aromatic carbocycles. The molecule has 2 aromatic rings. The summed E-state index contributed by atoms with van der Waals surface area (Å²) in [5, 5.41) is 25.6. The number of hydrogen-bond donors (Lipinski definition) is 3. The van der Waals surface area contributed by atoms with Crippen LogP contribution >= 0.6 is 0 Å². The number of benzene rings is 1. The zero-order chi connectivity index (χ0) is 22.1. The number of hydrogen-bond acceptors (Lipinski definition) is 6. The first kappa shape index (κ1) is 23.9. The lowest BCUT2D eigenvalue weighted by Gasteiger charge is -2.39. The molecule has 2 heterocycles. The van der Waals surface area contributed by atoms with Gasteiger partial charge in [0.2, 0.25) is 0 Å². The number of likely N-dealkylation sites (tertiary alicyclic amines) is 1. The molecule has 0 saturated carbocycles. The Hall–Kier alpha value is -1.73. The molecule has 0 radical (unpaired) electrons. The van der Waals surface area contributed by atoms with Crippen LogP contribution in [0.15, 0.2) is 30.5 Å². The fourth-order valence-corrected chi connectivity index (χ4v) is 4.65. The van der Waals surface area contributed by atoms with Crippen molar-refractivity contribution in [3.05, 3.63) is 36.0 Å². The molecule has 1 aliphatic rings. The topological polar surface area (TPSA) is 77.9 Å². The van der Waals surface area contributed by atoms with Crippen LogP contribution in [-0.4, -0.2) is 66.0 Å². The Morgan fingerprint density at radius 1 is 1.23 bits per heavy atom. The van der Waals surface area contributed by atoms with Crippen LogP contribution in [0.2, 0.25) is 0 Å². The summed E-state index contributed by atoms with van der Waals surface area (Å²) >= 11 is 0. The van der Waals surface area contributed by atoms with Gasteiger partial charge in [-0.25, -0.2) is 0 Å². The minimum atomic E-state index is -0.611. The molecule has 6 nitrogen and oxygen atoms in total. The highest BCUT2D eigenvalue weighted by Crippen LogP contribution is 2.28. The molecule has 0 unspecified atom stereocenters. The van der Waals surface area contributed by atoms with E-state index >= 15 is 0 Å². The van der Waals surface area contributed by atoms with E-state index < -0.39 is 6.10 Å². The standard InChI is InChI=1S/C25H39N3O3/c1-3-4-5-6-7-12-26-23-11-14-28(16-19(23)18-29)17-25(30)21-10-13-27-24-9-8-20(31-2)15-22(21)24/h8-10,13,15,19,23,25-26,29-30H,3-7,11-12,14,16-18H2,1-2H3/t19-,23+,25-/m0/s1. The Morgan fingerprint density at radius 3 is 2.84 bits per heavy atom. The molecule has 172 valence electrons. The summed E-state index contributed by atoms with van der Waals surface area (Å²) in [5.41, 5.74) is 1.73. The molecule has 0 aliphatic carbocycles. The fraction of sp³-hybridized carbons (Fsp3) is 0.640. The molecule has 0 spiro atoms. The van der Waals surface area contributed by atoms with Crippen LogP contribution in [0.3, 0.4) is 0 Å². The van der Waals surface area contributed by atoms with Gasteiger partial charge in [0.25, 0.3) is 0 Å². The molecule has 0 amide bonds. The third-order valence-electron chi connectivity index (χ3n) is 6.51. The number of rotatable bonds is 12. The number of aliphatic hydroxyl groups excluding tert-OH is 2. The summed E-state index contributed by atoms with van der Waals surface area (Å²) in [6.07, 6.45) is 8.52. The van der Waals surface area contributed by atoms with Crippen LogP contribution in [0.25, 0.3) is 10.9 Å². The van der Waals surface area contributed by atoms with Crippen LogP contribution in [-0.2, 0) is 0 Å². The molecular weight excluding hydrogens is 390 g/mol. The minimum Gasteiger partial charge on any atom is -0.497 e. The predicted molar refractivity (Wildman–Crippen MR) is 125 cm³/mol. The molecule has 6 heteroatoms. The zero-order valence-corrected chi connectivity index (χ0v) is 19.1. The first-order valence-electron chi connectivity index (χ1n) is 11.8. The van der Waals surface area contributed by atoms with E-state index in [0.717, 1.165) is 48.3 Å². The molecular formula is C25H39N3O3. The van der Waals surface area contributed by atoms with Crippen molar-refractivity contribution in [2.24, 2.45) is 5.92 Å². The van der Waals surface area contributed by atoms with Gasteiger partial charge in [0.1, 0.15) is 5.75 Å². The van der Waals surface area contributed by atoms with Crippen LogP contribution < -0.4 is 10.1 Å². The highest BCUT2D eigenvalue weighted by molar-refractivity contribution is 5.83. The largest absolute Gasteiger partial charge is 0.497 e. The van der Waals surface area contributed by atoms with E-state index in [-0.39, 0.29) is 12.5 Å². The number of unbranched alkanes of at least 4 members (excludes halogenated alkanes) is 4. The summed E-state index contributed by atoms with van der Waals surface area (Å²) in [6.45, 7) is 5.72. The summed E-state index contributed by atoms with van der Waals surface area (Å²) in [5.74, 6) is 0.960. The number of pyridine rings is 1. The van der Waals surface area contributed by atoms with E-state index in [9.17, 15) is 10.2 Å². The van der Waals surface area contributed by atoms with Gasteiger partial charge in [-0.1, -0.05) is 32.6 Å². The Kier molecular flexibility index (Phi) is 9.53. The molecule has 3 atom stereocenters. The van der Waals surface area contributed by atoms with E-state index in [0.29, 0.717) is 12.6 Å². The summed E-state index contributed by atoms with van der Waals surface area (Å²) in [4.78, 5) is 6.69. The lowest BCUT2D eigenvalue weighted by atomic mass is 9.92. The van der Waals surface area contributed by atoms with Gasteiger partial charge in [-0.3, -0.25) is 9.88 Å². The normalized spacial score (nSPS) is 20.8. The number of methoxy groups -OCH3 is 1. The van der Waals surface area contributed by atoms with Gasteiger partial charge in [0, 0.05) is 43.2 Å². The van der Waals surface area contributed by atoms with Crippen molar-refractivity contribution >= 4 is 10.9 Å². The summed E-state index contributed by atoms with van der Waals surface area (Å²) < 4.78 is 5.35. The molecule has 3 N–H and O–H groups in total. The van der Waals surface area contributed by atoms with Crippen molar-refractivity contribution in [2.45, 2.75) is 57.6 Å². The predicted octanol–water partition coefficient (Wildman–Crippen LogP) is 3.52. The SMILES string of the molecule is CCCCCCCN[C@@H]1CCN(C[C@H](O)c2ccnc3ccc(OC)cc23)C[C@H]1CO. The Morgan fingerprint density at radius 2 is 2.06 bits per heavy atom. The van der Waals surface area contributed by atoms with E-state index in [1.165, 1.54) is 32.1 Å². The van der Waals surface area contributed by atoms with Gasteiger partial charge in [-0.05, 0) is 55.8 Å². The Balaban J connectivity index is 1.55. The molecule has 1 fully saturated rings. The van der Waals surface area contributed by atoms with Gasteiger partial charge >= 0.3 is 0 Å². The molecule has 1 aliphatic heterocycles. The number of nitrogens with one attached hydrogen (secondary N) is 1. The van der Waals surface area contributed by atoms with Crippen molar-refractivity contribution in [3.8, 4) is 5.75 Å². The number of piperidine rings is 1. The molecule has 1 aromatic heterocycles. The van der Waals surface area contributed by atoms with Crippen molar-refractivity contribution in [1.82, 2.24) is 15.2 Å². The maximum Gasteiger partial charge on any atom is 0.119 e. The number of aliphatic hydroxyl groups is 2. The van der Waals surface area contributed by atoms with Crippen LogP contribution in [0.1, 0.15) is 57.1 Å². The third-order valence-corrected chi connectivity index (χ3v) is 6.51. The highest BCUT2D eigenvalue weighted by Gasteiger charge is 2.29. The lowest BCUT2D eigenvalue weighted by molar-refractivity contribution is 0.0513. The molecule has 31 heavy (non-hydrogen) atoms. The monoisotopic (exact) mass is 429 g/mol. The smallest absolute Gasteiger partial charge is 0.119 e. The quantitative estimate of drug-likeness (QED) is 0.448. The van der Waals surface area contributed by atoms with Crippen molar-refractivity contribution in [1.29, 1.82) is 0 Å². The maximum atomic E-state index is 11.0. The first-order valence-corrected chi connectivity index (χ1v) is 11.8. The van der Waals surface area contributed by atoms with Crippen LogP contribution in [0, 0.1) is 5.92 Å². The van der Waals surface area contributed by atoms with Gasteiger partial charge in [-0.2, -0.15) is 0 Å². The second kappa shape index (κ2) is 12.3. The highest BCUT2D eigenvalue weighted by atomic mass is 16.5. The number of nitrogens with zero attached hydrogens (tertiary/aromatic N) is 2. The molecule has 1 saturated heterocycles. The fourth-order valence-electron chi connectivity index (χ4n) is 4.65. The van der Waals surface area contributed by atoms with Crippen molar-refractivity contribution in [2.75, 3.05) is 39.9 Å². The van der Waals surface area contributed by atoms with E-state index in [1.54, 1.807) is 13.3 Å². The van der Waals surface area contributed by atoms with Gasteiger partial charge in [0.05, 0.1) is 18.7 Å². The van der Waals surface area contributed by atoms with Gasteiger partial charge in [-0.15, -0.1) is 0 Å². The summed E-state index contributed by atoms with van der Waals surface area (Å²) in [7, 11) is 1.64.